The molecule has 0 aliphatic carbocycles. The molecule has 1 saturated heterocycles. The quantitative estimate of drug-likeness (QED) is 0.900. The van der Waals surface area contributed by atoms with Gasteiger partial charge in [0.2, 0.25) is 0 Å². The molecule has 3 nitrogen and oxygen atoms in total. The third-order valence-electron chi connectivity index (χ3n) is 3.80. The molecule has 0 bridgehead atoms. The van der Waals surface area contributed by atoms with Gasteiger partial charge in [0.05, 0.1) is 5.56 Å². The van der Waals surface area contributed by atoms with Gasteiger partial charge >= 0.3 is 0 Å². The Labute approximate surface area is 118 Å². The summed E-state index contributed by atoms with van der Waals surface area (Å²) >= 11 is 0. The van der Waals surface area contributed by atoms with Crippen LogP contribution in [0.5, 0.6) is 0 Å². The molecule has 1 amide bonds. The summed E-state index contributed by atoms with van der Waals surface area (Å²) in [4.78, 5) is 14.3. The van der Waals surface area contributed by atoms with Crippen molar-refractivity contribution in [1.29, 1.82) is 0 Å². The fourth-order valence-corrected chi connectivity index (χ4v) is 2.62. The molecule has 1 unspecified atom stereocenters. The van der Waals surface area contributed by atoms with Crippen molar-refractivity contribution in [3.05, 3.63) is 35.4 Å². The van der Waals surface area contributed by atoms with Gasteiger partial charge in [0.15, 0.2) is 0 Å². The van der Waals surface area contributed by atoms with Crippen molar-refractivity contribution in [3.8, 4) is 0 Å². The molecule has 0 aromatic heterocycles. The average Bonchev–Trinajstić information content (AvgIpc) is 2.93. The monoisotopic (exact) mass is 282 g/mol. The molecule has 1 heterocycles. The molecule has 20 heavy (non-hydrogen) atoms. The number of amides is 1. The first-order valence-electron chi connectivity index (χ1n) is 7.09. The van der Waals surface area contributed by atoms with Gasteiger partial charge in [0.1, 0.15) is 11.6 Å². The fraction of sp³-hybridized carbons (Fsp3) is 0.533. The van der Waals surface area contributed by atoms with Gasteiger partial charge in [-0.25, -0.2) is 8.78 Å². The van der Waals surface area contributed by atoms with E-state index in [2.05, 4.69) is 17.1 Å². The van der Waals surface area contributed by atoms with Crippen LogP contribution in [0.1, 0.15) is 36.5 Å². The highest BCUT2D eigenvalue weighted by molar-refractivity contribution is 5.94. The van der Waals surface area contributed by atoms with E-state index in [1.165, 1.54) is 18.9 Å². The maximum absolute atomic E-state index is 13.5. The molecule has 0 radical (unpaired) electrons. The number of halogens is 2. The van der Waals surface area contributed by atoms with Crippen LogP contribution in [-0.2, 0) is 0 Å². The van der Waals surface area contributed by atoms with Gasteiger partial charge in [0, 0.05) is 18.7 Å². The van der Waals surface area contributed by atoms with Gasteiger partial charge in [-0.05, 0) is 44.5 Å². The maximum Gasteiger partial charge on any atom is 0.254 e. The lowest BCUT2D eigenvalue weighted by atomic mass is 10.1. The van der Waals surface area contributed by atoms with Gasteiger partial charge in [-0.3, -0.25) is 9.69 Å². The molecule has 0 saturated carbocycles. The van der Waals surface area contributed by atoms with Crippen LogP contribution in [0.3, 0.4) is 0 Å². The largest absolute Gasteiger partial charge is 0.350 e. The number of carbonyl (C=O) groups excluding carboxylic acids is 1. The van der Waals surface area contributed by atoms with Crippen LogP contribution in [0.15, 0.2) is 18.2 Å². The highest BCUT2D eigenvalue weighted by Gasteiger charge is 2.21. The molecule has 110 valence electrons. The molecule has 1 aliphatic rings. The van der Waals surface area contributed by atoms with E-state index >= 15 is 0 Å². The summed E-state index contributed by atoms with van der Waals surface area (Å²) in [6, 6.07) is 3.28. The summed E-state index contributed by atoms with van der Waals surface area (Å²) in [5.74, 6) is -1.99. The second-order valence-electron chi connectivity index (χ2n) is 5.14. The number of rotatable bonds is 5. The zero-order chi connectivity index (χ0) is 14.5. The minimum Gasteiger partial charge on any atom is -0.350 e. The Morgan fingerprint density at radius 1 is 1.35 bits per heavy atom. The number of carbonyl (C=O) groups is 1. The van der Waals surface area contributed by atoms with Crippen molar-refractivity contribution in [1.82, 2.24) is 10.2 Å². The Bertz CT molecular complexity index is 473. The molecule has 0 spiro atoms. The third-order valence-corrected chi connectivity index (χ3v) is 3.80. The lowest BCUT2D eigenvalue weighted by Gasteiger charge is -2.26. The molecule has 1 atom stereocenters. The molecule has 1 N–H and O–H groups in total. The molecule has 1 aliphatic heterocycles. The summed E-state index contributed by atoms with van der Waals surface area (Å²) in [6.07, 6.45) is 3.32. The van der Waals surface area contributed by atoms with Crippen LogP contribution in [0.2, 0.25) is 0 Å². The summed E-state index contributed by atoms with van der Waals surface area (Å²) in [6.45, 7) is 4.68. The molecular weight excluding hydrogens is 262 g/mol. The number of nitrogens with zero attached hydrogens (tertiary/aromatic N) is 1. The van der Waals surface area contributed by atoms with E-state index in [0.29, 0.717) is 6.54 Å². The number of benzene rings is 1. The normalized spacial score (nSPS) is 17.1. The summed E-state index contributed by atoms with van der Waals surface area (Å²) in [7, 11) is 0. The summed E-state index contributed by atoms with van der Waals surface area (Å²) in [5.41, 5.74) is -0.109. The Morgan fingerprint density at radius 2 is 2.05 bits per heavy atom. The van der Waals surface area contributed by atoms with E-state index in [4.69, 9.17) is 0 Å². The Balaban J connectivity index is 1.93. The number of nitrogens with one attached hydrogen (secondary N) is 1. The van der Waals surface area contributed by atoms with E-state index in [-0.39, 0.29) is 11.6 Å². The van der Waals surface area contributed by atoms with Crippen LogP contribution >= 0.6 is 0 Å². The average molecular weight is 282 g/mol. The standard InChI is InChI=1S/C15H20F2N2O/c1-2-12(19-7-3-4-8-19)10-18-15(20)13-6-5-11(16)9-14(13)17/h5-6,9,12H,2-4,7-8,10H2,1H3,(H,18,20). The smallest absolute Gasteiger partial charge is 0.254 e. The molecule has 1 fully saturated rings. The van der Waals surface area contributed by atoms with Gasteiger partial charge in [0.25, 0.3) is 5.91 Å². The Kier molecular flexibility index (Phi) is 5.06. The van der Waals surface area contributed by atoms with Gasteiger partial charge in [-0.2, -0.15) is 0 Å². The zero-order valence-electron chi connectivity index (χ0n) is 11.7. The van der Waals surface area contributed by atoms with Crippen LogP contribution < -0.4 is 5.32 Å². The first-order valence-corrected chi connectivity index (χ1v) is 7.09. The minimum atomic E-state index is -0.822. The van der Waals surface area contributed by atoms with E-state index in [1.54, 1.807) is 0 Å². The number of hydrogen-bond donors (Lipinski definition) is 1. The predicted octanol–water partition coefficient (Wildman–Crippen LogP) is 2.57. The van der Waals surface area contributed by atoms with Crippen molar-refractivity contribution in [3.63, 3.8) is 0 Å². The maximum atomic E-state index is 13.5. The van der Waals surface area contributed by atoms with E-state index < -0.39 is 17.5 Å². The molecular formula is C15H20F2N2O. The number of hydrogen-bond acceptors (Lipinski definition) is 2. The van der Waals surface area contributed by atoms with E-state index in [1.807, 2.05) is 0 Å². The predicted molar refractivity (Wildman–Crippen MR) is 73.6 cm³/mol. The second-order valence-corrected chi connectivity index (χ2v) is 5.14. The second kappa shape index (κ2) is 6.79. The SMILES string of the molecule is CCC(CNC(=O)c1ccc(F)cc1F)N1CCCC1. The highest BCUT2D eigenvalue weighted by Crippen LogP contribution is 2.14. The number of likely N-dealkylation sites (tertiary alicyclic amines) is 1. The molecule has 2 rings (SSSR count). The topological polar surface area (TPSA) is 32.3 Å². The summed E-state index contributed by atoms with van der Waals surface area (Å²) in [5, 5.41) is 2.74. The third kappa shape index (κ3) is 3.54. The lowest BCUT2D eigenvalue weighted by molar-refractivity contribution is 0.0933. The molecule has 1 aromatic rings. The van der Waals surface area contributed by atoms with Crippen molar-refractivity contribution >= 4 is 5.91 Å². The van der Waals surface area contributed by atoms with Crippen molar-refractivity contribution < 1.29 is 13.6 Å². The van der Waals surface area contributed by atoms with Gasteiger partial charge < -0.3 is 5.32 Å². The van der Waals surface area contributed by atoms with Gasteiger partial charge in [-0.1, -0.05) is 6.92 Å². The van der Waals surface area contributed by atoms with E-state index in [9.17, 15) is 13.6 Å². The molecule has 1 aromatic carbocycles. The highest BCUT2D eigenvalue weighted by atomic mass is 19.1. The van der Waals surface area contributed by atoms with Crippen LogP contribution in [0, 0.1) is 11.6 Å². The first-order chi connectivity index (χ1) is 9.61. The molecule has 5 heteroatoms. The van der Waals surface area contributed by atoms with Crippen molar-refractivity contribution in [2.45, 2.75) is 32.2 Å². The van der Waals surface area contributed by atoms with Crippen LogP contribution in [-0.4, -0.2) is 36.5 Å². The first kappa shape index (κ1) is 14.9. The van der Waals surface area contributed by atoms with Crippen molar-refractivity contribution in [2.75, 3.05) is 19.6 Å². The lowest BCUT2D eigenvalue weighted by Crippen LogP contribution is -2.42. The van der Waals surface area contributed by atoms with Crippen LogP contribution in [0.25, 0.3) is 0 Å². The van der Waals surface area contributed by atoms with Crippen molar-refractivity contribution in [2.24, 2.45) is 0 Å². The fourth-order valence-electron chi connectivity index (χ4n) is 2.62. The van der Waals surface area contributed by atoms with Gasteiger partial charge in [-0.15, -0.1) is 0 Å². The summed E-state index contributed by atoms with van der Waals surface area (Å²) < 4.78 is 26.3. The van der Waals surface area contributed by atoms with Crippen LogP contribution in [0.4, 0.5) is 8.78 Å². The Hall–Kier alpha value is -1.49. The minimum absolute atomic E-state index is 0.109. The van der Waals surface area contributed by atoms with E-state index in [0.717, 1.165) is 31.6 Å². The zero-order valence-corrected chi connectivity index (χ0v) is 11.7. The Morgan fingerprint density at radius 3 is 2.65 bits per heavy atom.